The highest BCUT2D eigenvalue weighted by Crippen LogP contribution is 2.12. The third kappa shape index (κ3) is 3.08. The lowest BCUT2D eigenvalue weighted by Crippen LogP contribution is -2.47. The minimum atomic E-state index is -0.343. The molecule has 1 atom stereocenters. The van der Waals surface area contributed by atoms with E-state index in [4.69, 9.17) is 4.74 Å². The minimum absolute atomic E-state index is 0.0549. The van der Waals surface area contributed by atoms with E-state index in [0.717, 1.165) is 5.52 Å². The van der Waals surface area contributed by atoms with Gasteiger partial charge in [-0.2, -0.15) is 0 Å². The predicted molar refractivity (Wildman–Crippen MR) is 77.8 cm³/mol. The smallest absolute Gasteiger partial charge is 0.244 e. The molecule has 1 N–H and O–H groups in total. The highest BCUT2D eigenvalue weighted by Gasteiger charge is 2.22. The summed E-state index contributed by atoms with van der Waals surface area (Å²) in [4.78, 5) is 26.8. The Kier molecular flexibility index (Phi) is 3.92. The van der Waals surface area contributed by atoms with Gasteiger partial charge in [-0.1, -0.05) is 0 Å². The van der Waals surface area contributed by atoms with Crippen LogP contribution in [0.4, 0.5) is 5.82 Å². The highest BCUT2D eigenvalue weighted by molar-refractivity contribution is 5.84. The molecule has 0 spiro atoms. The van der Waals surface area contributed by atoms with Crippen molar-refractivity contribution in [3.8, 4) is 0 Å². The van der Waals surface area contributed by atoms with Crippen molar-refractivity contribution in [2.24, 2.45) is 0 Å². The fourth-order valence-electron chi connectivity index (χ4n) is 2.28. The Bertz CT molecular complexity index is 642. The van der Waals surface area contributed by atoms with Gasteiger partial charge in [-0.25, -0.2) is 9.97 Å². The number of nitrogens with zero attached hydrogens (tertiary/aromatic N) is 4. The van der Waals surface area contributed by atoms with Crippen molar-refractivity contribution < 1.29 is 9.53 Å². The van der Waals surface area contributed by atoms with Crippen molar-refractivity contribution in [2.75, 3.05) is 31.6 Å². The second-order valence-corrected chi connectivity index (χ2v) is 4.90. The average Bonchev–Trinajstić information content (AvgIpc) is 2.55. The molecular formula is C14H17N5O2. The van der Waals surface area contributed by atoms with Gasteiger partial charge in [-0.3, -0.25) is 9.78 Å². The molecule has 110 valence electrons. The van der Waals surface area contributed by atoms with Crippen molar-refractivity contribution >= 4 is 22.9 Å². The van der Waals surface area contributed by atoms with E-state index in [0.29, 0.717) is 37.8 Å². The van der Waals surface area contributed by atoms with Crippen LogP contribution in [0.3, 0.4) is 0 Å². The van der Waals surface area contributed by atoms with E-state index in [1.165, 1.54) is 0 Å². The summed E-state index contributed by atoms with van der Waals surface area (Å²) in [7, 11) is 0. The lowest BCUT2D eigenvalue weighted by atomic mass is 10.2. The summed E-state index contributed by atoms with van der Waals surface area (Å²) in [5.41, 5.74) is 1.30. The van der Waals surface area contributed by atoms with E-state index in [2.05, 4.69) is 20.3 Å². The molecule has 1 aliphatic heterocycles. The van der Waals surface area contributed by atoms with Crippen molar-refractivity contribution in [3.05, 3.63) is 24.5 Å². The van der Waals surface area contributed by atoms with E-state index in [-0.39, 0.29) is 11.9 Å². The van der Waals surface area contributed by atoms with Crippen molar-refractivity contribution in [3.63, 3.8) is 0 Å². The SMILES string of the molecule is CC(Nc1ccc2nccnc2n1)C(=O)N1CCOCC1. The van der Waals surface area contributed by atoms with Crippen molar-refractivity contribution in [1.29, 1.82) is 0 Å². The van der Waals surface area contributed by atoms with Crippen LogP contribution in [-0.4, -0.2) is 58.1 Å². The molecule has 7 nitrogen and oxygen atoms in total. The Morgan fingerprint density at radius 2 is 2.05 bits per heavy atom. The molecule has 1 aliphatic rings. The van der Waals surface area contributed by atoms with Gasteiger partial charge in [0.1, 0.15) is 17.4 Å². The van der Waals surface area contributed by atoms with Gasteiger partial charge in [0.15, 0.2) is 5.65 Å². The maximum Gasteiger partial charge on any atom is 0.244 e. The first-order valence-electron chi connectivity index (χ1n) is 6.95. The maximum atomic E-state index is 12.3. The quantitative estimate of drug-likeness (QED) is 0.894. The van der Waals surface area contributed by atoms with E-state index >= 15 is 0 Å². The van der Waals surface area contributed by atoms with Crippen LogP contribution >= 0.6 is 0 Å². The zero-order chi connectivity index (χ0) is 14.7. The molecule has 2 aromatic heterocycles. The number of amides is 1. The Morgan fingerprint density at radius 3 is 2.86 bits per heavy atom. The van der Waals surface area contributed by atoms with Gasteiger partial charge >= 0.3 is 0 Å². The zero-order valence-electron chi connectivity index (χ0n) is 11.8. The lowest BCUT2D eigenvalue weighted by Gasteiger charge is -2.29. The summed E-state index contributed by atoms with van der Waals surface area (Å²) in [6.45, 7) is 4.31. The molecule has 0 bridgehead atoms. The molecule has 3 heterocycles. The first-order chi connectivity index (χ1) is 10.2. The van der Waals surface area contributed by atoms with Gasteiger partial charge in [0.2, 0.25) is 5.91 Å². The topological polar surface area (TPSA) is 80.2 Å². The summed E-state index contributed by atoms with van der Waals surface area (Å²) in [6, 6.07) is 3.30. The van der Waals surface area contributed by atoms with Crippen molar-refractivity contribution in [2.45, 2.75) is 13.0 Å². The van der Waals surface area contributed by atoms with Crippen LogP contribution in [0.15, 0.2) is 24.5 Å². The molecular weight excluding hydrogens is 270 g/mol. The molecule has 1 fully saturated rings. The first kappa shape index (κ1) is 13.7. The third-order valence-electron chi connectivity index (χ3n) is 3.39. The van der Waals surface area contributed by atoms with Gasteiger partial charge in [-0.05, 0) is 19.1 Å². The summed E-state index contributed by atoms with van der Waals surface area (Å²) < 4.78 is 5.25. The average molecular weight is 287 g/mol. The number of carbonyl (C=O) groups excluding carboxylic acids is 1. The van der Waals surface area contributed by atoms with Crippen LogP contribution in [0.5, 0.6) is 0 Å². The van der Waals surface area contributed by atoms with Gasteiger partial charge in [0.25, 0.3) is 0 Å². The lowest BCUT2D eigenvalue weighted by molar-refractivity contribution is -0.135. The molecule has 1 saturated heterocycles. The number of ether oxygens (including phenoxy) is 1. The van der Waals surface area contributed by atoms with Crippen LogP contribution in [0.2, 0.25) is 0 Å². The fraction of sp³-hybridized carbons (Fsp3) is 0.429. The molecule has 0 aromatic carbocycles. The second kappa shape index (κ2) is 6.01. The van der Waals surface area contributed by atoms with E-state index in [1.807, 2.05) is 17.9 Å². The molecule has 0 radical (unpaired) electrons. The fourth-order valence-corrected chi connectivity index (χ4v) is 2.28. The van der Waals surface area contributed by atoms with Crippen molar-refractivity contribution in [1.82, 2.24) is 19.9 Å². The number of nitrogens with one attached hydrogen (secondary N) is 1. The summed E-state index contributed by atoms with van der Waals surface area (Å²) in [5, 5.41) is 3.12. The molecule has 1 amide bonds. The number of hydrogen-bond donors (Lipinski definition) is 1. The number of aromatic nitrogens is 3. The number of carbonyl (C=O) groups is 1. The normalized spacial score (nSPS) is 16.7. The van der Waals surface area contributed by atoms with Crippen LogP contribution in [0.25, 0.3) is 11.2 Å². The Morgan fingerprint density at radius 1 is 1.29 bits per heavy atom. The summed E-state index contributed by atoms with van der Waals surface area (Å²) in [6.07, 6.45) is 3.23. The molecule has 1 unspecified atom stereocenters. The number of pyridine rings is 1. The number of fused-ring (bicyclic) bond motifs is 1. The van der Waals surface area contributed by atoms with Crippen LogP contribution in [0.1, 0.15) is 6.92 Å². The van der Waals surface area contributed by atoms with E-state index < -0.39 is 0 Å². The van der Waals surface area contributed by atoms with Crippen LogP contribution in [0, 0.1) is 0 Å². The molecule has 0 aliphatic carbocycles. The zero-order valence-corrected chi connectivity index (χ0v) is 11.8. The van der Waals surface area contributed by atoms with Gasteiger partial charge in [-0.15, -0.1) is 0 Å². The molecule has 2 aromatic rings. The van der Waals surface area contributed by atoms with Crippen LogP contribution in [-0.2, 0) is 9.53 Å². The predicted octanol–water partition coefficient (Wildman–Crippen LogP) is 0.684. The molecule has 7 heteroatoms. The summed E-state index contributed by atoms with van der Waals surface area (Å²) in [5.74, 6) is 0.677. The number of morpholine rings is 1. The monoisotopic (exact) mass is 287 g/mol. The molecule has 21 heavy (non-hydrogen) atoms. The van der Waals surface area contributed by atoms with Gasteiger partial charge in [0, 0.05) is 25.5 Å². The number of hydrogen-bond acceptors (Lipinski definition) is 6. The number of rotatable bonds is 3. The number of anilines is 1. The van der Waals surface area contributed by atoms with E-state index in [9.17, 15) is 4.79 Å². The molecule has 3 rings (SSSR count). The third-order valence-corrected chi connectivity index (χ3v) is 3.39. The molecule has 0 saturated carbocycles. The Hall–Kier alpha value is -2.28. The summed E-state index contributed by atoms with van der Waals surface area (Å²) >= 11 is 0. The Balaban J connectivity index is 1.70. The first-order valence-corrected chi connectivity index (χ1v) is 6.95. The van der Waals surface area contributed by atoms with Crippen LogP contribution < -0.4 is 5.32 Å². The maximum absolute atomic E-state index is 12.3. The van der Waals surface area contributed by atoms with Gasteiger partial charge < -0.3 is 15.0 Å². The highest BCUT2D eigenvalue weighted by atomic mass is 16.5. The largest absolute Gasteiger partial charge is 0.378 e. The van der Waals surface area contributed by atoms with E-state index in [1.54, 1.807) is 18.5 Å². The van der Waals surface area contributed by atoms with Gasteiger partial charge in [0.05, 0.1) is 13.2 Å². The minimum Gasteiger partial charge on any atom is -0.378 e. The standard InChI is InChI=1S/C14H17N5O2/c1-10(14(20)19-6-8-21-9-7-19)17-12-3-2-11-13(18-12)16-5-4-15-11/h2-5,10H,6-9H2,1H3,(H,16,17,18). The Labute approximate surface area is 122 Å². The second-order valence-electron chi connectivity index (χ2n) is 4.90.